The van der Waals surface area contributed by atoms with Crippen LogP contribution in [0.4, 0.5) is 0 Å². The number of phenolic OH excluding ortho intramolecular Hbond substituents is 2. The van der Waals surface area contributed by atoms with Gasteiger partial charge >= 0.3 is 11.9 Å². The Morgan fingerprint density at radius 2 is 1.00 bits per heavy atom. The highest BCUT2D eigenvalue weighted by atomic mass is 16.5. The summed E-state index contributed by atoms with van der Waals surface area (Å²) in [5.41, 5.74) is 0. The topological polar surface area (TPSA) is 156 Å². The molecule has 164 valence electrons. The van der Waals surface area contributed by atoms with Crippen LogP contribution in [0.3, 0.4) is 0 Å². The third-order valence-corrected chi connectivity index (χ3v) is 3.54. The molecule has 0 radical (unpaired) electrons. The van der Waals surface area contributed by atoms with Crippen LogP contribution in [-0.4, -0.2) is 48.4 Å². The fraction of sp³-hybridized carbons (Fsp3) is 0.273. The van der Waals surface area contributed by atoms with Gasteiger partial charge in [0.05, 0.1) is 0 Å². The van der Waals surface area contributed by atoms with E-state index in [1.165, 1.54) is 0 Å². The normalized spacial score (nSPS) is 13.9. The fourth-order valence-corrected chi connectivity index (χ4v) is 2.12. The van der Waals surface area contributed by atoms with Gasteiger partial charge in [0, 0.05) is 25.0 Å². The molecular weight excluding hydrogens is 392 g/mol. The van der Waals surface area contributed by atoms with E-state index < -0.39 is 17.7 Å². The molecule has 30 heavy (non-hydrogen) atoms. The van der Waals surface area contributed by atoms with E-state index in [2.05, 4.69) is 0 Å². The van der Waals surface area contributed by atoms with Gasteiger partial charge in [-0.2, -0.15) is 0 Å². The standard InChI is InChI=1S/C6H12O2.2C6H6O.C4H4O4/c7-6(8)4-2-1-3-5-6;2*7-6-4-2-1-3-5-6;5-3(6)1-2-4(7)8/h7-8H,1-5H2;2*1-5,7H;1-2H,(H,5,6)(H,7,8). The lowest BCUT2D eigenvalue weighted by atomic mass is 9.95. The molecule has 0 bridgehead atoms. The van der Waals surface area contributed by atoms with Gasteiger partial charge in [-0.1, -0.05) is 42.8 Å². The van der Waals surface area contributed by atoms with Crippen molar-refractivity contribution in [2.24, 2.45) is 0 Å². The molecular formula is C22H28O8. The summed E-state index contributed by atoms with van der Waals surface area (Å²) in [4.78, 5) is 19.1. The maximum atomic E-state index is 9.55. The first-order valence-electron chi connectivity index (χ1n) is 9.19. The second-order valence-electron chi connectivity index (χ2n) is 6.22. The van der Waals surface area contributed by atoms with E-state index in [-0.39, 0.29) is 0 Å². The summed E-state index contributed by atoms with van der Waals surface area (Å²) in [6.07, 6.45) is 5.33. The van der Waals surface area contributed by atoms with Gasteiger partial charge in [-0.3, -0.25) is 0 Å². The van der Waals surface area contributed by atoms with Crippen molar-refractivity contribution in [2.75, 3.05) is 0 Å². The van der Waals surface area contributed by atoms with Gasteiger partial charge < -0.3 is 30.6 Å². The number of aromatic hydroxyl groups is 2. The van der Waals surface area contributed by atoms with Crippen LogP contribution < -0.4 is 0 Å². The van der Waals surface area contributed by atoms with E-state index in [1.807, 2.05) is 12.1 Å². The van der Waals surface area contributed by atoms with Crippen LogP contribution >= 0.6 is 0 Å². The van der Waals surface area contributed by atoms with Crippen molar-refractivity contribution in [1.29, 1.82) is 0 Å². The van der Waals surface area contributed by atoms with Crippen molar-refractivity contribution >= 4 is 11.9 Å². The molecule has 1 aliphatic rings. The molecule has 0 heterocycles. The number of carboxylic acids is 2. The Bertz CT molecular complexity index is 681. The van der Waals surface area contributed by atoms with Crippen LogP contribution in [0.1, 0.15) is 32.1 Å². The minimum atomic E-state index is -1.32. The van der Waals surface area contributed by atoms with Gasteiger partial charge in [0.1, 0.15) is 11.5 Å². The first kappa shape index (κ1) is 26.6. The minimum absolute atomic E-state index is 0.322. The predicted octanol–water partition coefficient (Wildman–Crippen LogP) is 3.13. The van der Waals surface area contributed by atoms with Gasteiger partial charge in [0.15, 0.2) is 5.79 Å². The SMILES string of the molecule is O=C(O)C=CC(=O)O.OC1(O)CCCCC1.Oc1ccccc1.Oc1ccccc1. The van der Waals surface area contributed by atoms with Gasteiger partial charge in [-0.05, 0) is 37.1 Å². The minimum Gasteiger partial charge on any atom is -0.508 e. The molecule has 0 amide bonds. The van der Waals surface area contributed by atoms with E-state index in [0.29, 0.717) is 36.5 Å². The number of aliphatic hydroxyl groups is 2. The number of hydrogen-bond acceptors (Lipinski definition) is 6. The lowest BCUT2D eigenvalue weighted by molar-refractivity contribution is -0.180. The summed E-state index contributed by atoms with van der Waals surface area (Å²) in [5.74, 6) is -3.19. The molecule has 0 saturated heterocycles. The molecule has 6 N–H and O–H groups in total. The third-order valence-electron chi connectivity index (χ3n) is 3.54. The van der Waals surface area contributed by atoms with Gasteiger partial charge in [-0.15, -0.1) is 0 Å². The second kappa shape index (κ2) is 15.5. The molecule has 0 atom stereocenters. The molecule has 0 aliphatic heterocycles. The number of para-hydroxylation sites is 2. The number of carboxylic acid groups (broad SMARTS) is 2. The van der Waals surface area contributed by atoms with Gasteiger partial charge in [0.2, 0.25) is 0 Å². The largest absolute Gasteiger partial charge is 0.508 e. The van der Waals surface area contributed by atoms with E-state index in [9.17, 15) is 9.59 Å². The Kier molecular flexibility index (Phi) is 13.8. The fourth-order valence-electron chi connectivity index (χ4n) is 2.12. The summed E-state index contributed by atoms with van der Waals surface area (Å²) in [6.45, 7) is 0. The molecule has 1 saturated carbocycles. The second-order valence-corrected chi connectivity index (χ2v) is 6.22. The van der Waals surface area contributed by atoms with Gasteiger partial charge in [-0.25, -0.2) is 9.59 Å². The summed E-state index contributed by atoms with van der Waals surface area (Å²) >= 11 is 0. The molecule has 2 aromatic carbocycles. The zero-order chi connectivity index (χ0) is 22.8. The Hall–Kier alpha value is -3.36. The van der Waals surface area contributed by atoms with Crippen LogP contribution in [0.5, 0.6) is 11.5 Å². The lowest BCUT2D eigenvalue weighted by Gasteiger charge is -2.25. The molecule has 0 aromatic heterocycles. The Morgan fingerprint density at radius 3 is 1.17 bits per heavy atom. The third kappa shape index (κ3) is 18.0. The van der Waals surface area contributed by atoms with Crippen molar-refractivity contribution in [1.82, 2.24) is 0 Å². The summed E-state index contributed by atoms with van der Waals surface area (Å²) in [7, 11) is 0. The molecule has 0 spiro atoms. The van der Waals surface area contributed by atoms with Crippen molar-refractivity contribution in [2.45, 2.75) is 37.9 Å². The first-order valence-corrected chi connectivity index (χ1v) is 9.19. The molecule has 3 rings (SSSR count). The zero-order valence-electron chi connectivity index (χ0n) is 16.5. The summed E-state index contributed by atoms with van der Waals surface area (Å²) < 4.78 is 0. The lowest BCUT2D eigenvalue weighted by Crippen LogP contribution is -2.30. The average molecular weight is 420 g/mol. The van der Waals surface area contributed by atoms with Crippen LogP contribution in [0.25, 0.3) is 0 Å². The highest BCUT2D eigenvalue weighted by Gasteiger charge is 2.24. The number of hydrogen-bond donors (Lipinski definition) is 6. The zero-order valence-corrected chi connectivity index (χ0v) is 16.5. The Labute approximate surface area is 175 Å². The van der Waals surface area contributed by atoms with E-state index in [1.54, 1.807) is 48.5 Å². The monoisotopic (exact) mass is 420 g/mol. The molecule has 0 unspecified atom stereocenters. The molecule has 8 nitrogen and oxygen atoms in total. The van der Waals surface area contributed by atoms with Crippen LogP contribution in [-0.2, 0) is 9.59 Å². The Balaban J connectivity index is 0.000000374. The van der Waals surface area contributed by atoms with Crippen molar-refractivity contribution in [3.05, 3.63) is 72.8 Å². The average Bonchev–Trinajstić information content (AvgIpc) is 2.69. The molecule has 1 fully saturated rings. The van der Waals surface area contributed by atoms with E-state index in [4.69, 9.17) is 30.6 Å². The van der Waals surface area contributed by atoms with E-state index in [0.717, 1.165) is 19.3 Å². The van der Waals surface area contributed by atoms with Crippen LogP contribution in [0.15, 0.2) is 72.8 Å². The highest BCUT2D eigenvalue weighted by molar-refractivity contribution is 5.89. The van der Waals surface area contributed by atoms with Crippen LogP contribution in [0, 0.1) is 0 Å². The predicted molar refractivity (Wildman–Crippen MR) is 111 cm³/mol. The number of carbonyl (C=O) groups is 2. The highest BCUT2D eigenvalue weighted by Crippen LogP contribution is 2.24. The van der Waals surface area contributed by atoms with E-state index >= 15 is 0 Å². The Morgan fingerprint density at radius 1 is 0.667 bits per heavy atom. The van der Waals surface area contributed by atoms with Crippen molar-refractivity contribution in [3.63, 3.8) is 0 Å². The number of aliphatic carboxylic acids is 2. The van der Waals surface area contributed by atoms with Crippen LogP contribution in [0.2, 0.25) is 0 Å². The quantitative estimate of drug-likeness (QED) is 0.320. The van der Waals surface area contributed by atoms with Crippen molar-refractivity contribution in [3.8, 4) is 11.5 Å². The smallest absolute Gasteiger partial charge is 0.328 e. The molecule has 2 aromatic rings. The number of rotatable bonds is 2. The summed E-state index contributed by atoms with van der Waals surface area (Å²) in [5, 5.41) is 50.7. The maximum Gasteiger partial charge on any atom is 0.328 e. The maximum absolute atomic E-state index is 9.55. The summed E-state index contributed by atoms with van der Waals surface area (Å²) in [6, 6.07) is 17.4. The van der Waals surface area contributed by atoms with Gasteiger partial charge in [0.25, 0.3) is 0 Å². The number of benzene rings is 2. The van der Waals surface area contributed by atoms with Crippen molar-refractivity contribution < 1.29 is 40.2 Å². The molecule has 1 aliphatic carbocycles. The first-order chi connectivity index (χ1) is 14.1. The number of phenols is 2. The molecule has 8 heteroatoms.